The number of nitrogens with one attached hydrogen (secondary N) is 3. The molecule has 0 saturated heterocycles. The van der Waals surface area contributed by atoms with Crippen LogP contribution in [0.3, 0.4) is 0 Å². The highest BCUT2D eigenvalue weighted by molar-refractivity contribution is 5.93. The molecule has 26 heavy (non-hydrogen) atoms. The molecule has 0 heterocycles. The van der Waals surface area contributed by atoms with Gasteiger partial charge in [0.15, 0.2) is 0 Å². The van der Waals surface area contributed by atoms with Crippen molar-refractivity contribution in [3.63, 3.8) is 0 Å². The van der Waals surface area contributed by atoms with E-state index in [0.717, 1.165) is 0 Å². The second kappa shape index (κ2) is 11.4. The summed E-state index contributed by atoms with van der Waals surface area (Å²) in [6, 6.07) is -3.70. The largest absolute Gasteiger partial charge is 0.480 e. The lowest BCUT2D eigenvalue weighted by molar-refractivity contribution is -0.142. The van der Waals surface area contributed by atoms with Crippen LogP contribution in [0.25, 0.3) is 0 Å². The van der Waals surface area contributed by atoms with Crippen LogP contribution in [-0.2, 0) is 19.2 Å². The molecule has 0 fully saturated rings. The number of carbonyl (C=O) groups excluding carboxylic acids is 3. The Kier molecular flexibility index (Phi) is 10.4. The summed E-state index contributed by atoms with van der Waals surface area (Å²) in [5.41, 5.74) is 5.77. The minimum absolute atomic E-state index is 0.134. The topological polar surface area (TPSA) is 191 Å². The third-order valence-electron chi connectivity index (χ3n) is 3.86. The Labute approximate surface area is 151 Å². The molecule has 5 unspecified atom stereocenters. The van der Waals surface area contributed by atoms with Crippen LogP contribution in [0.5, 0.6) is 0 Å². The lowest BCUT2D eigenvalue weighted by atomic mass is 9.99. The van der Waals surface area contributed by atoms with Crippen LogP contribution in [0, 0.1) is 5.92 Å². The van der Waals surface area contributed by atoms with Crippen molar-refractivity contribution in [3.8, 4) is 0 Å². The second-order valence-corrected chi connectivity index (χ2v) is 6.00. The number of rotatable bonds is 11. The van der Waals surface area contributed by atoms with Gasteiger partial charge in [-0.1, -0.05) is 20.3 Å². The molecule has 0 rings (SSSR count). The van der Waals surface area contributed by atoms with E-state index in [2.05, 4.69) is 10.6 Å². The standard InChI is InChI=1S/C15H28N4O7/c1-4-7(2)11(16)13(23)19-12(8(3)21)14(24)17-5-10(22)18-9(6-20)15(25)26/h7-9,11-12,20-21H,4-6,16H2,1-3H3,(H,17,24)(H,18,22)(H,19,23)(H,25,26). The lowest BCUT2D eigenvalue weighted by Gasteiger charge is -2.24. The van der Waals surface area contributed by atoms with E-state index in [1.54, 1.807) is 6.92 Å². The van der Waals surface area contributed by atoms with Crippen molar-refractivity contribution in [2.24, 2.45) is 11.7 Å². The minimum atomic E-state index is -1.50. The predicted octanol–water partition coefficient (Wildman–Crippen LogP) is -3.10. The van der Waals surface area contributed by atoms with E-state index in [4.69, 9.17) is 15.9 Å². The number of aliphatic hydroxyl groups excluding tert-OH is 2. The fourth-order valence-corrected chi connectivity index (χ4v) is 1.88. The molecule has 5 atom stereocenters. The third kappa shape index (κ3) is 7.76. The zero-order valence-electron chi connectivity index (χ0n) is 15.1. The summed E-state index contributed by atoms with van der Waals surface area (Å²) in [6.07, 6.45) is -0.606. The number of nitrogens with two attached hydrogens (primary N) is 1. The van der Waals surface area contributed by atoms with Crippen molar-refractivity contribution in [1.82, 2.24) is 16.0 Å². The normalized spacial score (nSPS) is 16.5. The molecule has 0 saturated carbocycles. The Hall–Kier alpha value is -2.24. The maximum Gasteiger partial charge on any atom is 0.328 e. The van der Waals surface area contributed by atoms with Gasteiger partial charge in [0.25, 0.3) is 0 Å². The van der Waals surface area contributed by atoms with Crippen molar-refractivity contribution in [3.05, 3.63) is 0 Å². The Morgan fingerprint density at radius 1 is 1.08 bits per heavy atom. The first-order chi connectivity index (χ1) is 12.0. The zero-order chi connectivity index (χ0) is 20.4. The summed E-state index contributed by atoms with van der Waals surface area (Å²) < 4.78 is 0. The van der Waals surface area contributed by atoms with Crippen LogP contribution >= 0.6 is 0 Å². The van der Waals surface area contributed by atoms with Crippen molar-refractivity contribution in [1.29, 1.82) is 0 Å². The van der Waals surface area contributed by atoms with E-state index in [1.165, 1.54) is 6.92 Å². The number of carboxylic acids is 1. The van der Waals surface area contributed by atoms with Gasteiger partial charge < -0.3 is 37.0 Å². The van der Waals surface area contributed by atoms with Crippen molar-refractivity contribution in [2.75, 3.05) is 13.2 Å². The molecular weight excluding hydrogens is 348 g/mol. The number of aliphatic hydroxyl groups is 2. The number of carbonyl (C=O) groups is 4. The first-order valence-electron chi connectivity index (χ1n) is 8.19. The van der Waals surface area contributed by atoms with E-state index in [1.807, 2.05) is 12.2 Å². The van der Waals surface area contributed by atoms with Crippen molar-refractivity contribution in [2.45, 2.75) is 51.4 Å². The number of hydrogen-bond donors (Lipinski definition) is 7. The molecule has 0 bridgehead atoms. The summed E-state index contributed by atoms with van der Waals surface area (Å²) in [6.45, 7) is 3.50. The SMILES string of the molecule is CCC(C)C(N)C(=O)NC(C(=O)NCC(=O)NC(CO)C(=O)O)C(C)O. The third-order valence-corrected chi connectivity index (χ3v) is 3.86. The highest BCUT2D eigenvalue weighted by Crippen LogP contribution is 2.06. The Balaban J connectivity index is 4.72. The molecule has 3 amide bonds. The van der Waals surface area contributed by atoms with Gasteiger partial charge in [0.05, 0.1) is 25.3 Å². The fraction of sp³-hybridized carbons (Fsp3) is 0.733. The van der Waals surface area contributed by atoms with Crippen LogP contribution in [0.1, 0.15) is 27.2 Å². The molecule has 0 radical (unpaired) electrons. The van der Waals surface area contributed by atoms with Crippen LogP contribution in [0.2, 0.25) is 0 Å². The van der Waals surface area contributed by atoms with Gasteiger partial charge in [-0.15, -0.1) is 0 Å². The predicted molar refractivity (Wildman–Crippen MR) is 90.7 cm³/mol. The van der Waals surface area contributed by atoms with Gasteiger partial charge in [0.1, 0.15) is 12.1 Å². The van der Waals surface area contributed by atoms with E-state index >= 15 is 0 Å². The summed E-state index contributed by atoms with van der Waals surface area (Å²) >= 11 is 0. The summed E-state index contributed by atoms with van der Waals surface area (Å²) in [5, 5.41) is 33.8. The second-order valence-electron chi connectivity index (χ2n) is 6.00. The number of amides is 3. The van der Waals surface area contributed by atoms with Gasteiger partial charge in [0, 0.05) is 0 Å². The van der Waals surface area contributed by atoms with Gasteiger partial charge in [0.2, 0.25) is 17.7 Å². The van der Waals surface area contributed by atoms with Crippen LogP contribution in [0.4, 0.5) is 0 Å². The van der Waals surface area contributed by atoms with Gasteiger partial charge in [-0.2, -0.15) is 0 Å². The number of aliphatic carboxylic acids is 1. The average Bonchev–Trinajstić information content (AvgIpc) is 2.59. The first kappa shape index (κ1) is 23.8. The van der Waals surface area contributed by atoms with Crippen molar-refractivity contribution >= 4 is 23.7 Å². The maximum atomic E-state index is 12.1. The van der Waals surface area contributed by atoms with Crippen LogP contribution < -0.4 is 21.7 Å². The molecule has 0 aliphatic rings. The number of carboxylic acid groups (broad SMARTS) is 1. The molecule has 11 nitrogen and oxygen atoms in total. The molecule has 0 aromatic rings. The van der Waals surface area contributed by atoms with Gasteiger partial charge in [-0.25, -0.2) is 4.79 Å². The summed E-state index contributed by atoms with van der Waals surface area (Å²) in [4.78, 5) is 46.5. The molecule has 0 aromatic heterocycles. The maximum absolute atomic E-state index is 12.1. The smallest absolute Gasteiger partial charge is 0.328 e. The first-order valence-corrected chi connectivity index (χ1v) is 8.19. The highest BCUT2D eigenvalue weighted by atomic mass is 16.4. The van der Waals surface area contributed by atoms with Gasteiger partial charge in [-0.3, -0.25) is 14.4 Å². The van der Waals surface area contributed by atoms with E-state index < -0.39 is 61.1 Å². The average molecular weight is 376 g/mol. The van der Waals surface area contributed by atoms with Gasteiger partial charge >= 0.3 is 5.97 Å². The molecule has 0 aliphatic heterocycles. The fourth-order valence-electron chi connectivity index (χ4n) is 1.88. The Morgan fingerprint density at radius 3 is 2.08 bits per heavy atom. The lowest BCUT2D eigenvalue weighted by Crippen LogP contribution is -2.58. The van der Waals surface area contributed by atoms with E-state index in [0.29, 0.717) is 6.42 Å². The molecule has 150 valence electrons. The minimum Gasteiger partial charge on any atom is -0.480 e. The van der Waals surface area contributed by atoms with Crippen molar-refractivity contribution < 1.29 is 34.5 Å². The molecule has 11 heteroatoms. The van der Waals surface area contributed by atoms with E-state index in [-0.39, 0.29) is 5.92 Å². The zero-order valence-corrected chi connectivity index (χ0v) is 15.1. The summed E-state index contributed by atoms with van der Waals surface area (Å²) in [5.74, 6) is -3.87. The van der Waals surface area contributed by atoms with Crippen LogP contribution in [0.15, 0.2) is 0 Å². The molecule has 0 aliphatic carbocycles. The Bertz CT molecular complexity index is 512. The van der Waals surface area contributed by atoms with Crippen LogP contribution in [-0.4, -0.2) is 76.4 Å². The number of hydrogen-bond acceptors (Lipinski definition) is 7. The monoisotopic (exact) mass is 376 g/mol. The van der Waals surface area contributed by atoms with Gasteiger partial charge in [-0.05, 0) is 12.8 Å². The molecule has 0 spiro atoms. The molecular formula is C15H28N4O7. The Morgan fingerprint density at radius 2 is 1.65 bits per heavy atom. The summed E-state index contributed by atoms with van der Waals surface area (Å²) in [7, 11) is 0. The van der Waals surface area contributed by atoms with E-state index in [9.17, 15) is 24.3 Å². The quantitative estimate of drug-likeness (QED) is 0.197. The molecule has 8 N–H and O–H groups in total. The molecule has 0 aromatic carbocycles. The highest BCUT2D eigenvalue weighted by Gasteiger charge is 2.29.